The van der Waals surface area contributed by atoms with Gasteiger partial charge in [0.15, 0.2) is 22.8 Å². The van der Waals surface area contributed by atoms with E-state index in [0.717, 1.165) is 0 Å². The van der Waals surface area contributed by atoms with Crippen LogP contribution in [0.5, 0.6) is 11.5 Å². The first kappa shape index (κ1) is 22.7. The molecule has 1 N–H and O–H groups in total. The van der Waals surface area contributed by atoms with Crippen LogP contribution in [0.25, 0.3) is 6.08 Å². The van der Waals surface area contributed by atoms with Crippen molar-refractivity contribution in [2.24, 2.45) is 4.99 Å². The molecule has 31 heavy (non-hydrogen) atoms. The van der Waals surface area contributed by atoms with E-state index in [1.807, 2.05) is 6.92 Å². The first-order valence-electron chi connectivity index (χ1n) is 9.45. The topological polar surface area (TPSA) is 88.4 Å². The standard InChI is InChI=1S/C22H21ClN2O5S/c1-4-25-20(26)19(31-22(25)24-16-8-6-15(23)7-9-16)12-14-5-10-17(18(11-14)29-3)30-13(2)21(27)28/h5-13H,4H2,1-3H3,(H,27,28)/b19-12+,24-22?/t13-/m0/s1. The molecule has 1 heterocycles. The second-order valence-electron chi connectivity index (χ2n) is 6.54. The van der Waals surface area contributed by atoms with Crippen molar-refractivity contribution >= 4 is 52.2 Å². The van der Waals surface area contributed by atoms with E-state index in [9.17, 15) is 9.59 Å². The molecule has 0 unspecified atom stereocenters. The molecule has 3 rings (SSSR count). The van der Waals surface area contributed by atoms with Gasteiger partial charge in [-0.05, 0) is 73.6 Å². The fraction of sp³-hybridized carbons (Fsp3) is 0.227. The number of likely N-dealkylation sites (N-methyl/N-ethyl adjacent to an activating group) is 1. The number of thioether (sulfide) groups is 1. The Bertz CT molecular complexity index is 1050. The summed E-state index contributed by atoms with van der Waals surface area (Å²) in [5.74, 6) is -0.530. The Morgan fingerprint density at radius 3 is 2.58 bits per heavy atom. The largest absolute Gasteiger partial charge is 0.493 e. The summed E-state index contributed by atoms with van der Waals surface area (Å²) in [6, 6.07) is 12.1. The second-order valence-corrected chi connectivity index (χ2v) is 7.99. The van der Waals surface area contributed by atoms with E-state index in [0.29, 0.717) is 44.4 Å². The number of hydrogen-bond donors (Lipinski definition) is 1. The third-order valence-corrected chi connectivity index (χ3v) is 5.65. The molecule has 1 amide bonds. The number of amidine groups is 1. The average Bonchev–Trinajstić information content (AvgIpc) is 3.04. The van der Waals surface area contributed by atoms with Crippen LogP contribution in [0, 0.1) is 0 Å². The van der Waals surface area contributed by atoms with Gasteiger partial charge in [-0.25, -0.2) is 9.79 Å². The summed E-state index contributed by atoms with van der Waals surface area (Å²) in [5, 5.41) is 10.2. The number of amides is 1. The zero-order valence-corrected chi connectivity index (χ0v) is 18.7. The third kappa shape index (κ3) is 5.39. The molecule has 9 heteroatoms. The number of benzene rings is 2. The summed E-state index contributed by atoms with van der Waals surface area (Å²) >= 11 is 7.21. The summed E-state index contributed by atoms with van der Waals surface area (Å²) in [7, 11) is 1.47. The Morgan fingerprint density at radius 1 is 1.26 bits per heavy atom. The summed E-state index contributed by atoms with van der Waals surface area (Å²) in [4.78, 5) is 30.6. The predicted molar refractivity (Wildman–Crippen MR) is 122 cm³/mol. The molecule has 0 radical (unpaired) electrons. The molecule has 162 valence electrons. The van der Waals surface area contributed by atoms with Crippen LogP contribution in [0.3, 0.4) is 0 Å². The molecule has 0 aliphatic carbocycles. The Morgan fingerprint density at radius 2 is 1.97 bits per heavy atom. The maximum atomic E-state index is 12.9. The minimum absolute atomic E-state index is 0.140. The van der Waals surface area contributed by atoms with Crippen molar-refractivity contribution in [3.8, 4) is 11.5 Å². The first-order valence-corrected chi connectivity index (χ1v) is 10.6. The molecular formula is C22H21ClN2O5S. The number of aliphatic carboxylic acids is 1. The maximum Gasteiger partial charge on any atom is 0.344 e. The number of carboxylic acids is 1. The highest BCUT2D eigenvalue weighted by Gasteiger charge is 2.32. The van der Waals surface area contributed by atoms with Gasteiger partial charge in [-0.1, -0.05) is 17.7 Å². The van der Waals surface area contributed by atoms with E-state index in [2.05, 4.69) is 4.99 Å². The smallest absolute Gasteiger partial charge is 0.344 e. The van der Waals surface area contributed by atoms with Crippen molar-refractivity contribution in [2.45, 2.75) is 20.0 Å². The lowest BCUT2D eigenvalue weighted by atomic mass is 10.2. The number of carboxylic acid groups (broad SMARTS) is 1. The molecule has 0 bridgehead atoms. The SMILES string of the molecule is CCN1C(=O)/C(=C\c2ccc(O[C@@H](C)C(=O)O)c(OC)c2)SC1=Nc1ccc(Cl)cc1. The quantitative estimate of drug-likeness (QED) is 0.595. The van der Waals surface area contributed by atoms with Gasteiger partial charge in [0, 0.05) is 11.6 Å². The van der Waals surface area contributed by atoms with E-state index in [1.165, 1.54) is 25.8 Å². The van der Waals surface area contributed by atoms with Gasteiger partial charge in [0.25, 0.3) is 5.91 Å². The van der Waals surface area contributed by atoms with Crippen LogP contribution in [0.2, 0.25) is 5.02 Å². The van der Waals surface area contributed by atoms with Gasteiger partial charge in [0.05, 0.1) is 17.7 Å². The fourth-order valence-corrected chi connectivity index (χ4v) is 3.95. The molecule has 2 aromatic carbocycles. The lowest BCUT2D eigenvalue weighted by Crippen LogP contribution is -2.28. The van der Waals surface area contributed by atoms with Gasteiger partial charge in [-0.3, -0.25) is 9.69 Å². The highest BCUT2D eigenvalue weighted by atomic mass is 35.5. The normalized spacial score (nSPS) is 17.3. The number of nitrogens with zero attached hydrogens (tertiary/aromatic N) is 2. The van der Waals surface area contributed by atoms with Crippen LogP contribution in [-0.4, -0.2) is 46.8 Å². The van der Waals surface area contributed by atoms with Crippen LogP contribution >= 0.6 is 23.4 Å². The van der Waals surface area contributed by atoms with Crippen molar-refractivity contribution in [2.75, 3.05) is 13.7 Å². The van der Waals surface area contributed by atoms with Gasteiger partial charge >= 0.3 is 5.97 Å². The van der Waals surface area contributed by atoms with E-state index < -0.39 is 12.1 Å². The van der Waals surface area contributed by atoms with Crippen molar-refractivity contribution in [1.29, 1.82) is 0 Å². The van der Waals surface area contributed by atoms with Crippen molar-refractivity contribution in [1.82, 2.24) is 4.90 Å². The molecule has 2 aromatic rings. The fourth-order valence-electron chi connectivity index (χ4n) is 2.76. The molecular weight excluding hydrogens is 440 g/mol. The Labute approximate surface area is 189 Å². The summed E-state index contributed by atoms with van der Waals surface area (Å²) in [5.41, 5.74) is 1.42. The predicted octanol–water partition coefficient (Wildman–Crippen LogP) is 4.82. The molecule has 1 aliphatic heterocycles. The highest BCUT2D eigenvalue weighted by molar-refractivity contribution is 8.18. The van der Waals surface area contributed by atoms with Gasteiger partial charge < -0.3 is 14.6 Å². The van der Waals surface area contributed by atoms with E-state index in [-0.39, 0.29) is 5.91 Å². The lowest BCUT2D eigenvalue weighted by molar-refractivity contribution is -0.144. The van der Waals surface area contributed by atoms with Crippen molar-refractivity contribution in [3.63, 3.8) is 0 Å². The number of rotatable bonds is 7. The number of carbonyl (C=O) groups is 2. The summed E-state index contributed by atoms with van der Waals surface area (Å²) < 4.78 is 10.7. The van der Waals surface area contributed by atoms with Gasteiger partial charge in [-0.2, -0.15) is 0 Å². The minimum Gasteiger partial charge on any atom is -0.493 e. The lowest BCUT2D eigenvalue weighted by Gasteiger charge is -2.14. The monoisotopic (exact) mass is 460 g/mol. The molecule has 1 fully saturated rings. The van der Waals surface area contributed by atoms with E-state index in [4.69, 9.17) is 26.2 Å². The zero-order chi connectivity index (χ0) is 22.5. The number of hydrogen-bond acceptors (Lipinski definition) is 6. The molecule has 1 aliphatic rings. The van der Waals surface area contributed by atoms with Crippen LogP contribution in [-0.2, 0) is 9.59 Å². The third-order valence-electron chi connectivity index (χ3n) is 4.39. The Kier molecular flexibility index (Phi) is 7.25. The maximum absolute atomic E-state index is 12.9. The average molecular weight is 461 g/mol. The van der Waals surface area contributed by atoms with Crippen LogP contribution in [0.15, 0.2) is 52.4 Å². The van der Waals surface area contributed by atoms with Gasteiger partial charge in [0.1, 0.15) is 0 Å². The number of ether oxygens (including phenoxy) is 2. The minimum atomic E-state index is -1.08. The molecule has 1 saturated heterocycles. The number of halogens is 1. The molecule has 0 spiro atoms. The summed E-state index contributed by atoms with van der Waals surface area (Å²) in [6.45, 7) is 3.81. The molecule has 0 saturated carbocycles. The van der Waals surface area contributed by atoms with Crippen LogP contribution < -0.4 is 9.47 Å². The highest BCUT2D eigenvalue weighted by Crippen LogP contribution is 2.36. The van der Waals surface area contributed by atoms with Crippen molar-refractivity contribution < 1.29 is 24.2 Å². The first-order chi connectivity index (χ1) is 14.8. The number of methoxy groups -OCH3 is 1. The zero-order valence-electron chi connectivity index (χ0n) is 17.2. The van der Waals surface area contributed by atoms with E-state index >= 15 is 0 Å². The summed E-state index contributed by atoms with van der Waals surface area (Å²) in [6.07, 6.45) is 0.724. The Hall–Kier alpha value is -2.97. The van der Waals surface area contributed by atoms with Gasteiger partial charge in [0.2, 0.25) is 0 Å². The molecule has 0 aromatic heterocycles. The van der Waals surface area contributed by atoms with Crippen LogP contribution in [0.1, 0.15) is 19.4 Å². The number of carbonyl (C=O) groups excluding carboxylic acids is 1. The molecule has 7 nitrogen and oxygen atoms in total. The van der Waals surface area contributed by atoms with E-state index in [1.54, 1.807) is 53.4 Å². The van der Waals surface area contributed by atoms with Crippen molar-refractivity contribution in [3.05, 3.63) is 58.0 Å². The number of aliphatic imine (C=N–C) groups is 1. The van der Waals surface area contributed by atoms with Gasteiger partial charge in [-0.15, -0.1) is 0 Å². The second kappa shape index (κ2) is 9.89. The molecule has 1 atom stereocenters. The van der Waals surface area contributed by atoms with Crippen LogP contribution in [0.4, 0.5) is 5.69 Å². The Balaban J connectivity index is 1.88.